The van der Waals surface area contributed by atoms with Crippen LogP contribution in [0.5, 0.6) is 11.5 Å². The molecule has 0 spiro atoms. The number of aromatic hydroxyl groups is 2. The van der Waals surface area contributed by atoms with Crippen molar-refractivity contribution in [3.8, 4) is 11.5 Å². The van der Waals surface area contributed by atoms with E-state index >= 15 is 0 Å². The summed E-state index contributed by atoms with van der Waals surface area (Å²) < 4.78 is 53.8. The highest BCUT2D eigenvalue weighted by Crippen LogP contribution is 2.46. The number of phenols is 2. The fourth-order valence-electron chi connectivity index (χ4n) is 9.15. The summed E-state index contributed by atoms with van der Waals surface area (Å²) in [7, 11) is 1.26. The first-order valence-electron chi connectivity index (χ1n) is 24.6. The van der Waals surface area contributed by atoms with E-state index in [4.69, 9.17) is 65.8 Å². The molecule has 0 aliphatic carbocycles. The van der Waals surface area contributed by atoms with Gasteiger partial charge in [0.15, 0.2) is 36.3 Å². The van der Waals surface area contributed by atoms with Crippen LogP contribution in [0.2, 0.25) is 10.0 Å². The molecule has 4 aliphatic heterocycles. The molecule has 0 amide bonds. The van der Waals surface area contributed by atoms with Gasteiger partial charge in [0.05, 0.1) is 42.0 Å². The van der Waals surface area contributed by atoms with Gasteiger partial charge < -0.3 is 78.4 Å². The smallest absolute Gasteiger partial charge is 0.344 e. The summed E-state index contributed by atoms with van der Waals surface area (Å²) in [5.74, 6) is -4.84. The molecule has 0 radical (unpaired) electrons. The van der Waals surface area contributed by atoms with Crippen LogP contribution in [0.15, 0.2) is 47.1 Å². The summed E-state index contributed by atoms with van der Waals surface area (Å²) in [6.07, 6.45) is -8.06. The van der Waals surface area contributed by atoms with Crippen molar-refractivity contribution < 1.29 is 92.8 Å². The van der Waals surface area contributed by atoms with Crippen LogP contribution in [0, 0.1) is 11.8 Å². The number of hydrogen-bond donors (Lipinski definition) is 7. The number of fused-ring (bicyclic) bond motifs is 1. The highest BCUT2D eigenvalue weighted by Gasteiger charge is 2.64. The highest BCUT2D eigenvalue weighted by atomic mass is 35.5. The fourth-order valence-corrected chi connectivity index (χ4v) is 9.71. The van der Waals surface area contributed by atoms with Crippen molar-refractivity contribution in [2.75, 3.05) is 13.7 Å². The first kappa shape index (κ1) is 60.2. The minimum Gasteiger partial charge on any atom is -0.505 e. The molecule has 2 unspecified atom stereocenters. The van der Waals surface area contributed by atoms with Gasteiger partial charge in [-0.3, -0.25) is 4.79 Å². The van der Waals surface area contributed by atoms with E-state index in [-0.39, 0.29) is 29.8 Å². The number of benzene rings is 1. The van der Waals surface area contributed by atoms with E-state index in [1.165, 1.54) is 21.0 Å². The van der Waals surface area contributed by atoms with Gasteiger partial charge in [-0.1, -0.05) is 86.9 Å². The Bertz CT molecular complexity index is 2260. The number of methoxy groups -OCH3 is 1. The summed E-state index contributed by atoms with van der Waals surface area (Å²) in [6.45, 7) is 18.0. The van der Waals surface area contributed by atoms with Gasteiger partial charge in [0, 0.05) is 19.4 Å². The number of carbonyl (C=O) groups excluding carboxylic acids is 3. The third-order valence-corrected chi connectivity index (χ3v) is 14.5. The molecular weight excluding hydrogens is 999 g/mol. The molecule has 19 nitrogen and oxygen atoms in total. The molecule has 410 valence electrons. The number of allylic oxidation sites excluding steroid dienone is 2. The van der Waals surface area contributed by atoms with Crippen molar-refractivity contribution in [2.24, 2.45) is 11.8 Å². The Balaban J connectivity index is 1.38. The normalized spacial score (nSPS) is 37.4. The summed E-state index contributed by atoms with van der Waals surface area (Å²) in [5, 5.41) is 76.7. The molecule has 21 heteroatoms. The Kier molecular flexibility index (Phi) is 20.6. The van der Waals surface area contributed by atoms with Crippen LogP contribution in [-0.4, -0.2) is 164 Å². The second-order valence-electron chi connectivity index (χ2n) is 20.1. The second-order valence-corrected chi connectivity index (χ2v) is 20.9. The minimum atomic E-state index is -1.79. The lowest BCUT2D eigenvalue weighted by Crippen LogP contribution is -2.64. The predicted molar refractivity (Wildman–Crippen MR) is 265 cm³/mol. The number of rotatable bonds is 13. The Morgan fingerprint density at radius 3 is 2.16 bits per heavy atom. The third-order valence-electron chi connectivity index (χ3n) is 13.7. The lowest BCUT2D eigenvalue weighted by Gasteiger charge is -2.47. The average Bonchev–Trinajstić information content (AvgIpc) is 4.05. The van der Waals surface area contributed by atoms with Crippen LogP contribution in [0.1, 0.15) is 111 Å². The van der Waals surface area contributed by atoms with E-state index in [0.717, 1.165) is 0 Å². The van der Waals surface area contributed by atoms with E-state index < -0.39 is 155 Å². The molecule has 5 rings (SSSR count). The van der Waals surface area contributed by atoms with Gasteiger partial charge in [-0.05, 0) is 84.4 Å². The maximum Gasteiger partial charge on any atom is 0.344 e. The largest absolute Gasteiger partial charge is 0.505 e. The zero-order valence-corrected chi connectivity index (χ0v) is 45.0. The summed E-state index contributed by atoms with van der Waals surface area (Å²) >= 11 is 12.3. The number of cyclic esters (lactones) is 1. The molecule has 0 bridgehead atoms. The minimum absolute atomic E-state index is 0.0487. The van der Waals surface area contributed by atoms with Crippen molar-refractivity contribution in [3.63, 3.8) is 0 Å². The van der Waals surface area contributed by atoms with Crippen LogP contribution in [-0.2, 0) is 58.6 Å². The van der Waals surface area contributed by atoms with Crippen molar-refractivity contribution in [1.29, 1.82) is 0 Å². The lowest BCUT2D eigenvalue weighted by molar-refractivity contribution is -0.333. The van der Waals surface area contributed by atoms with E-state index in [1.54, 1.807) is 66.7 Å². The zero-order chi connectivity index (χ0) is 54.6. The van der Waals surface area contributed by atoms with Crippen molar-refractivity contribution >= 4 is 41.1 Å². The third kappa shape index (κ3) is 13.5. The van der Waals surface area contributed by atoms with Gasteiger partial charge in [-0.2, -0.15) is 0 Å². The van der Waals surface area contributed by atoms with E-state index in [9.17, 15) is 50.1 Å². The molecule has 16 atom stereocenters. The van der Waals surface area contributed by atoms with Crippen molar-refractivity contribution in [3.05, 3.63) is 68.3 Å². The number of ether oxygens (including phenoxy) is 9. The van der Waals surface area contributed by atoms with Gasteiger partial charge >= 0.3 is 17.9 Å². The van der Waals surface area contributed by atoms with Crippen LogP contribution in [0.3, 0.4) is 0 Å². The van der Waals surface area contributed by atoms with Crippen molar-refractivity contribution in [2.45, 2.75) is 199 Å². The van der Waals surface area contributed by atoms with Gasteiger partial charge in [0.1, 0.15) is 52.8 Å². The Hall–Kier alpha value is -3.67. The Labute approximate surface area is 436 Å². The Morgan fingerprint density at radius 1 is 0.890 bits per heavy atom. The van der Waals surface area contributed by atoms with E-state index in [0.29, 0.717) is 23.1 Å². The average molecular weight is 1070 g/mol. The maximum atomic E-state index is 14.3. The number of halogens is 2. The van der Waals surface area contributed by atoms with Gasteiger partial charge in [0.25, 0.3) is 0 Å². The molecule has 0 aromatic heterocycles. The Morgan fingerprint density at radius 2 is 1.56 bits per heavy atom. The molecule has 4 heterocycles. The lowest BCUT2D eigenvalue weighted by atomic mass is 9.88. The zero-order valence-electron chi connectivity index (χ0n) is 43.4. The monoisotopic (exact) mass is 1070 g/mol. The molecule has 73 heavy (non-hydrogen) atoms. The van der Waals surface area contributed by atoms with Crippen molar-refractivity contribution in [1.82, 2.24) is 0 Å². The highest BCUT2D eigenvalue weighted by molar-refractivity contribution is 6.39. The number of epoxide rings is 1. The first-order chi connectivity index (χ1) is 34.1. The molecule has 4 aliphatic rings. The van der Waals surface area contributed by atoms with Gasteiger partial charge in [-0.15, -0.1) is 0 Å². The van der Waals surface area contributed by atoms with Crippen LogP contribution < -0.4 is 0 Å². The van der Waals surface area contributed by atoms with Crippen LogP contribution in [0.25, 0.3) is 0 Å². The number of hydrogen-bond acceptors (Lipinski definition) is 19. The number of aliphatic hydroxyl groups is 5. The number of esters is 3. The molecule has 3 fully saturated rings. The summed E-state index contributed by atoms with van der Waals surface area (Å²) in [6, 6.07) is 0. The second kappa shape index (κ2) is 25.0. The predicted octanol–water partition coefficient (Wildman–Crippen LogP) is 5.45. The standard InChI is InChI=1S/C52H74Cl2O19/c1-13-29-21-25(6)31(56)16-15-17-33-52(72-33,22-66-49-44(65-12)41(61)43(28(9)67-49)69-47(63)34-30(14-2)35(53)38(58)36(54)37(34)57)50(64)68-32(27(8)55)19-18-24(5)20-26(7)42(29)70-48-40(60)39(59)45(51(10,11)73-48)71-46(62)23(3)4/h15,17-18,20-21,23,27-29,31-33,39-45,48-49,55-61H,13-14,16,19,22H2,1-12H3/b17-15+,24-18+,25-21+,26-20+/t27-,28-,29+,31+,32+,33?,39-,40+,41+,42+,43-,44+,45+,48-,49-,52?/m1/s1. The molecule has 1 aromatic carbocycles. The molecule has 3 saturated heterocycles. The topological polar surface area (TPSA) is 279 Å². The molecule has 7 N–H and O–H groups in total. The SMILES string of the molecule is CCc1c(Cl)c(O)c(Cl)c(O)c1C(=O)O[C@H]1[C@H](O)[C@H](OC)[C@H](OCC23OC2/C=C/C[C@H](O)/C(C)=C/[C@H](CC)[C@@H](O[C@@H]2OC(C)(C)[C@@H](OC(=O)C(C)C)[C@H](O)[C@@H]2O)/C(C)=C/C(C)=C/C[C@@H]([C@@H](C)O)OC3=O)O[C@@H]1C. The summed E-state index contributed by atoms with van der Waals surface area (Å²) in [5.41, 5.74) is -1.47. The van der Waals surface area contributed by atoms with E-state index in [2.05, 4.69) is 0 Å². The number of aliphatic hydroxyl groups excluding tert-OH is 5. The maximum absolute atomic E-state index is 14.3. The van der Waals surface area contributed by atoms with Gasteiger partial charge in [0.2, 0.25) is 5.60 Å². The first-order valence-corrected chi connectivity index (χ1v) is 25.4. The molecule has 0 saturated carbocycles. The molecular formula is C52H74Cl2O19. The van der Waals surface area contributed by atoms with Crippen LogP contribution >= 0.6 is 23.2 Å². The van der Waals surface area contributed by atoms with Crippen LogP contribution in [0.4, 0.5) is 0 Å². The number of carbonyl (C=O) groups is 3. The fraction of sp³-hybridized carbons (Fsp3) is 0.673. The summed E-state index contributed by atoms with van der Waals surface area (Å²) in [4.78, 5) is 40.4. The van der Waals surface area contributed by atoms with Gasteiger partial charge in [-0.25, -0.2) is 9.59 Å². The quantitative estimate of drug-likeness (QED) is 0.0560. The van der Waals surface area contributed by atoms with E-state index in [1.807, 2.05) is 26.0 Å². The number of phenolic OH excluding ortho intramolecular Hbond substituents is 2. The molecule has 1 aromatic rings.